The first kappa shape index (κ1) is 23.2. The maximum absolute atomic E-state index is 12.8. The Balaban J connectivity index is 2.20. The molecule has 0 saturated carbocycles. The number of carbonyl (C=O) groups excluding carboxylic acids is 2. The molecule has 0 aromatic carbocycles. The highest BCUT2D eigenvalue weighted by Gasteiger charge is 2.56. The second kappa shape index (κ2) is 9.15. The van der Waals surface area contributed by atoms with Gasteiger partial charge in [-0.3, -0.25) is 14.4 Å². The quantitative estimate of drug-likeness (QED) is 0.187. The van der Waals surface area contributed by atoms with Gasteiger partial charge in [-0.1, -0.05) is 5.16 Å². The van der Waals surface area contributed by atoms with E-state index in [1.54, 1.807) is 13.8 Å². The number of hydroxylamine groups is 2. The molecule has 1 aromatic heterocycles. The third-order valence-corrected chi connectivity index (χ3v) is 5.00. The number of ketones is 1. The van der Waals surface area contributed by atoms with Crippen molar-refractivity contribution in [3.8, 4) is 0 Å². The predicted octanol–water partition coefficient (Wildman–Crippen LogP) is -0.896. The Hall–Kier alpha value is -3.10. The van der Waals surface area contributed by atoms with Gasteiger partial charge in [0.15, 0.2) is 23.2 Å². The normalized spacial score (nSPS) is 19.2. The van der Waals surface area contributed by atoms with Crippen LogP contribution in [-0.2, 0) is 28.9 Å². The lowest BCUT2D eigenvalue weighted by Gasteiger charge is -2.51. The van der Waals surface area contributed by atoms with E-state index in [9.17, 15) is 19.2 Å². The summed E-state index contributed by atoms with van der Waals surface area (Å²) in [4.78, 5) is 60.4. The molecular weight excluding hydrogens is 424 g/mol. The van der Waals surface area contributed by atoms with E-state index < -0.39 is 54.4 Å². The molecule has 1 unspecified atom stereocenters. The van der Waals surface area contributed by atoms with E-state index in [1.807, 2.05) is 0 Å². The van der Waals surface area contributed by atoms with Crippen molar-refractivity contribution in [1.82, 2.24) is 10.0 Å². The van der Waals surface area contributed by atoms with E-state index in [2.05, 4.69) is 10.1 Å². The topological polar surface area (TPSA) is 202 Å². The molecule has 14 heteroatoms. The molecule has 0 radical (unpaired) electrons. The van der Waals surface area contributed by atoms with Crippen molar-refractivity contribution >= 4 is 45.8 Å². The van der Waals surface area contributed by atoms with Gasteiger partial charge in [0.1, 0.15) is 5.69 Å². The molecule has 1 aliphatic rings. The molecule has 1 aliphatic heterocycles. The molecule has 1 aromatic rings. The number of nitrogens with two attached hydrogens (primary N) is 1. The molecule has 1 amide bonds. The molecule has 13 nitrogen and oxygen atoms in total. The number of aliphatic hydroxyl groups excluding tert-OH is 1. The minimum Gasteiger partial charge on any atom is -0.479 e. The van der Waals surface area contributed by atoms with Crippen LogP contribution in [0.4, 0.5) is 5.13 Å². The average molecular weight is 444 g/mol. The number of anilines is 1. The van der Waals surface area contributed by atoms with Crippen molar-refractivity contribution in [1.29, 1.82) is 0 Å². The van der Waals surface area contributed by atoms with Crippen molar-refractivity contribution < 1.29 is 44.2 Å². The van der Waals surface area contributed by atoms with Gasteiger partial charge >= 0.3 is 11.9 Å². The highest BCUT2D eigenvalue weighted by atomic mass is 32.1. The van der Waals surface area contributed by atoms with E-state index in [0.717, 1.165) is 16.4 Å². The van der Waals surface area contributed by atoms with Crippen molar-refractivity contribution in [2.24, 2.45) is 11.1 Å². The number of oxime groups is 1. The molecule has 2 heterocycles. The number of carboxylic acids is 2. The molecule has 30 heavy (non-hydrogen) atoms. The Labute approximate surface area is 173 Å². The van der Waals surface area contributed by atoms with E-state index in [0.29, 0.717) is 0 Å². The zero-order valence-electron chi connectivity index (χ0n) is 16.0. The van der Waals surface area contributed by atoms with Gasteiger partial charge in [0.05, 0.1) is 18.1 Å². The van der Waals surface area contributed by atoms with Gasteiger partial charge in [0.2, 0.25) is 6.10 Å². The van der Waals surface area contributed by atoms with Gasteiger partial charge < -0.3 is 25.9 Å². The fourth-order valence-electron chi connectivity index (χ4n) is 2.68. The minimum absolute atomic E-state index is 0.0214. The lowest BCUT2D eigenvalue weighted by molar-refractivity contribution is -0.267. The summed E-state index contributed by atoms with van der Waals surface area (Å²) in [5, 5.41) is 32.6. The number of nitrogen functional groups attached to an aromatic ring is 1. The maximum atomic E-state index is 12.8. The Kier molecular flexibility index (Phi) is 7.07. The van der Waals surface area contributed by atoms with Gasteiger partial charge in [0.25, 0.3) is 5.91 Å². The van der Waals surface area contributed by atoms with Crippen LogP contribution in [-0.4, -0.2) is 79.6 Å². The summed E-state index contributed by atoms with van der Waals surface area (Å²) in [6.45, 7) is 1.58. The van der Waals surface area contributed by atoms with Crippen molar-refractivity contribution in [2.45, 2.75) is 31.9 Å². The van der Waals surface area contributed by atoms with Crippen molar-refractivity contribution in [3.05, 3.63) is 11.1 Å². The number of carbonyl (C=O) groups is 4. The van der Waals surface area contributed by atoms with Crippen LogP contribution < -0.4 is 5.73 Å². The highest BCUT2D eigenvalue weighted by molar-refractivity contribution is 7.13. The summed E-state index contributed by atoms with van der Waals surface area (Å²) in [6.07, 6.45) is -2.06. The highest BCUT2D eigenvalue weighted by Crippen LogP contribution is 2.40. The molecule has 1 saturated heterocycles. The van der Waals surface area contributed by atoms with Crippen LogP contribution in [0.25, 0.3) is 0 Å². The number of aliphatic carboxylic acids is 2. The lowest BCUT2D eigenvalue weighted by Crippen LogP contribution is -2.68. The van der Waals surface area contributed by atoms with Crippen molar-refractivity contribution in [2.75, 3.05) is 18.9 Å². The molecule has 5 N–H and O–H groups in total. The number of hydrogen-bond donors (Lipinski definition) is 4. The van der Waals surface area contributed by atoms with E-state index in [4.69, 9.17) is 30.7 Å². The molecule has 1 fully saturated rings. The van der Waals surface area contributed by atoms with Crippen LogP contribution in [0.2, 0.25) is 0 Å². The number of nitrogens with zero attached hydrogens (tertiary/aromatic N) is 3. The van der Waals surface area contributed by atoms with Crippen LogP contribution in [0.3, 0.4) is 0 Å². The summed E-state index contributed by atoms with van der Waals surface area (Å²) < 4.78 is 0. The Morgan fingerprint density at radius 1 is 1.40 bits per heavy atom. The summed E-state index contributed by atoms with van der Waals surface area (Å²) in [6, 6.07) is 0. The van der Waals surface area contributed by atoms with Crippen molar-refractivity contribution in [3.63, 3.8) is 0 Å². The largest absolute Gasteiger partial charge is 0.479 e. The first-order chi connectivity index (χ1) is 14.0. The standard InChI is InChI=1S/C16H20N4O9S/c1-16(2)7(13(25)20(16)28-5-11(23)24)3-9(22)12(8-6-30-15(17)18-8)19-29-10(4-21)14(26)27/h6-7,10,21H,3-5H2,1-2H3,(H2,17,18)(H,23,24)(H,26,27)/b19-12-/t7-,10?/m1/s1. The second-order valence-electron chi connectivity index (χ2n) is 6.76. The van der Waals surface area contributed by atoms with Gasteiger partial charge in [-0.15, -0.1) is 11.3 Å². The van der Waals surface area contributed by atoms with Crippen LogP contribution in [0.1, 0.15) is 26.0 Å². The Morgan fingerprint density at radius 2 is 2.07 bits per heavy atom. The molecule has 2 atom stereocenters. The van der Waals surface area contributed by atoms with Crippen LogP contribution in [0.15, 0.2) is 10.5 Å². The molecular formula is C16H20N4O9S. The zero-order chi connectivity index (χ0) is 22.6. The van der Waals surface area contributed by atoms with Gasteiger partial charge in [-0.25, -0.2) is 19.6 Å². The van der Waals surface area contributed by atoms with Gasteiger partial charge in [0, 0.05) is 11.8 Å². The SMILES string of the molecule is CC1(C)[C@H](CC(=O)/C(=N\OC(CO)C(=O)O)c2csc(N)n2)C(=O)N1OCC(=O)O. The number of Topliss-reactive ketones (excluding diaryl/α,β-unsaturated/α-hetero) is 1. The van der Waals surface area contributed by atoms with E-state index in [-0.39, 0.29) is 23.0 Å². The number of amides is 1. The second-order valence-corrected chi connectivity index (χ2v) is 7.65. The Bertz CT molecular complexity index is 882. The smallest absolute Gasteiger partial charge is 0.350 e. The first-order valence-corrected chi connectivity index (χ1v) is 9.37. The summed E-state index contributed by atoms with van der Waals surface area (Å²) in [7, 11) is 0. The number of β-lactam (4-membered cyclic amide) rings is 1. The average Bonchev–Trinajstić information content (AvgIpc) is 3.08. The number of aliphatic hydroxyl groups is 1. The minimum atomic E-state index is -1.70. The molecule has 2 rings (SSSR count). The van der Waals surface area contributed by atoms with Gasteiger partial charge in [-0.05, 0) is 13.8 Å². The van der Waals surface area contributed by atoms with Crippen LogP contribution in [0.5, 0.6) is 0 Å². The zero-order valence-corrected chi connectivity index (χ0v) is 16.8. The first-order valence-electron chi connectivity index (χ1n) is 8.49. The fraction of sp³-hybridized carbons (Fsp3) is 0.500. The number of rotatable bonds is 11. The fourth-order valence-corrected chi connectivity index (χ4v) is 3.23. The lowest BCUT2D eigenvalue weighted by atomic mass is 9.74. The third-order valence-electron chi connectivity index (χ3n) is 4.32. The van der Waals surface area contributed by atoms with E-state index >= 15 is 0 Å². The van der Waals surface area contributed by atoms with E-state index in [1.165, 1.54) is 5.38 Å². The third kappa shape index (κ3) is 4.90. The summed E-state index contributed by atoms with van der Waals surface area (Å²) >= 11 is 1.01. The predicted molar refractivity (Wildman–Crippen MR) is 100 cm³/mol. The number of carboxylic acid groups (broad SMARTS) is 2. The Morgan fingerprint density at radius 3 is 2.53 bits per heavy atom. The van der Waals surface area contributed by atoms with Crippen LogP contribution >= 0.6 is 11.3 Å². The van der Waals surface area contributed by atoms with Gasteiger partial charge in [-0.2, -0.15) is 0 Å². The number of aromatic nitrogens is 1. The molecule has 0 bridgehead atoms. The number of thiazole rings is 1. The monoisotopic (exact) mass is 444 g/mol. The summed E-state index contributed by atoms with van der Waals surface area (Å²) in [5.41, 5.74) is 4.24. The number of hydrogen-bond acceptors (Lipinski definition) is 11. The molecule has 0 spiro atoms. The maximum Gasteiger partial charge on any atom is 0.350 e. The molecule has 0 aliphatic carbocycles. The molecule has 164 valence electrons. The van der Waals surface area contributed by atoms with Crippen LogP contribution in [0, 0.1) is 5.92 Å². The summed E-state index contributed by atoms with van der Waals surface area (Å²) in [5.74, 6) is -4.89.